The molecular weight excluding hydrogens is 491 g/mol. The first-order valence-electron chi connectivity index (χ1n) is 11.8. The van der Waals surface area contributed by atoms with E-state index < -0.39 is 9.92 Å². The van der Waals surface area contributed by atoms with Gasteiger partial charge in [-0.1, -0.05) is 12.1 Å². The van der Waals surface area contributed by atoms with Crippen LogP contribution in [-0.4, -0.2) is 33.4 Å². The highest BCUT2D eigenvalue weighted by Gasteiger charge is 2.29. The number of carbonyl (C=O) groups is 1. The van der Waals surface area contributed by atoms with Crippen LogP contribution in [0, 0.1) is 5.82 Å². The van der Waals surface area contributed by atoms with E-state index in [9.17, 15) is 13.4 Å². The van der Waals surface area contributed by atoms with Gasteiger partial charge in [0.15, 0.2) is 0 Å². The first-order valence-corrected chi connectivity index (χ1v) is 13.8. The van der Waals surface area contributed by atoms with Crippen molar-refractivity contribution in [2.45, 2.75) is 24.9 Å². The highest BCUT2D eigenvalue weighted by atomic mass is 32.2. The molecule has 0 radical (unpaired) electrons. The van der Waals surface area contributed by atoms with Crippen molar-refractivity contribution < 1.29 is 13.4 Å². The van der Waals surface area contributed by atoms with E-state index in [1.807, 2.05) is 30.3 Å². The topological polar surface area (TPSA) is 122 Å². The van der Waals surface area contributed by atoms with Crippen molar-refractivity contribution in [1.82, 2.24) is 4.98 Å². The Labute approximate surface area is 214 Å². The van der Waals surface area contributed by atoms with Crippen LogP contribution in [0.3, 0.4) is 0 Å². The molecule has 1 unspecified atom stereocenters. The molecule has 1 aromatic heterocycles. The summed E-state index contributed by atoms with van der Waals surface area (Å²) in [5.74, 6) is -0.600. The molecule has 10 heteroatoms. The van der Waals surface area contributed by atoms with Crippen LogP contribution in [0.15, 0.2) is 83.4 Å². The normalized spacial score (nSPS) is 18.4. The molecule has 37 heavy (non-hydrogen) atoms. The zero-order valence-corrected chi connectivity index (χ0v) is 21.0. The molecule has 5 rings (SSSR count). The summed E-state index contributed by atoms with van der Waals surface area (Å²) in [7, 11) is -2.58. The Morgan fingerprint density at radius 3 is 2.59 bits per heavy atom. The van der Waals surface area contributed by atoms with Gasteiger partial charge in [-0.25, -0.2) is 18.1 Å². The van der Waals surface area contributed by atoms with Crippen molar-refractivity contribution in [3.05, 3.63) is 90.4 Å². The smallest absolute Gasteiger partial charge is 0.255 e. The molecular formula is C27H27FN6O2S. The summed E-state index contributed by atoms with van der Waals surface area (Å²) >= 11 is 0. The summed E-state index contributed by atoms with van der Waals surface area (Å²) in [6, 6.07) is 21.0. The molecule has 0 spiro atoms. The number of benzene rings is 3. The van der Waals surface area contributed by atoms with Crippen LogP contribution in [0.5, 0.6) is 0 Å². The van der Waals surface area contributed by atoms with Crippen LogP contribution < -0.4 is 21.1 Å². The van der Waals surface area contributed by atoms with E-state index in [1.165, 1.54) is 18.4 Å². The number of amides is 1. The molecule has 1 amide bonds. The predicted molar refractivity (Wildman–Crippen MR) is 147 cm³/mol. The minimum absolute atomic E-state index is 0.00735. The Kier molecular flexibility index (Phi) is 6.77. The van der Waals surface area contributed by atoms with E-state index in [0.717, 1.165) is 18.5 Å². The molecule has 0 aliphatic heterocycles. The number of fused-ring (bicyclic) bond motifs is 1. The van der Waals surface area contributed by atoms with Crippen LogP contribution in [0.25, 0.3) is 10.9 Å². The van der Waals surface area contributed by atoms with E-state index in [0.29, 0.717) is 33.5 Å². The van der Waals surface area contributed by atoms with Crippen LogP contribution in [-0.2, 0) is 9.92 Å². The second-order valence-electron chi connectivity index (χ2n) is 9.19. The molecule has 5 N–H and O–H groups in total. The van der Waals surface area contributed by atoms with Gasteiger partial charge in [0.25, 0.3) is 5.91 Å². The number of hydrogen-bond acceptors (Lipinski definition) is 6. The number of carbonyl (C=O) groups excluding carboxylic acids is 1. The second kappa shape index (κ2) is 10.2. The number of nitrogens with one attached hydrogen (secondary N) is 3. The third-order valence-corrected chi connectivity index (χ3v) is 6.79. The Morgan fingerprint density at radius 2 is 1.78 bits per heavy atom. The summed E-state index contributed by atoms with van der Waals surface area (Å²) < 4.78 is 29.6. The molecule has 1 atom stereocenters. The molecule has 0 saturated heterocycles. The minimum Gasteiger partial charge on any atom is -0.382 e. The van der Waals surface area contributed by atoms with E-state index >= 15 is 0 Å². The first-order chi connectivity index (χ1) is 17.7. The van der Waals surface area contributed by atoms with Crippen LogP contribution in [0.2, 0.25) is 0 Å². The average molecular weight is 519 g/mol. The average Bonchev–Trinajstić information content (AvgIpc) is 2.83. The van der Waals surface area contributed by atoms with Crippen LogP contribution >= 0.6 is 0 Å². The summed E-state index contributed by atoms with van der Waals surface area (Å²) in [6.07, 6.45) is 4.61. The van der Waals surface area contributed by atoms with Gasteiger partial charge in [-0.2, -0.15) is 0 Å². The number of hydrogen-bond donors (Lipinski definition) is 4. The number of halogens is 1. The van der Waals surface area contributed by atoms with Crippen LogP contribution in [0.4, 0.5) is 27.1 Å². The lowest BCUT2D eigenvalue weighted by molar-refractivity contribution is 0.102. The van der Waals surface area contributed by atoms with Gasteiger partial charge in [-0.15, -0.1) is 0 Å². The quantitative estimate of drug-likeness (QED) is 0.265. The van der Waals surface area contributed by atoms with Crippen molar-refractivity contribution in [3.8, 4) is 0 Å². The SMILES string of the molecule is CS(N)(=O)=NC1CC(Nc2cccc(NC(=O)c3cccc(Nc4ccnc5ccc(F)cc45)c3)c2)C1. The lowest BCUT2D eigenvalue weighted by Gasteiger charge is -2.34. The Bertz CT molecular complexity index is 1590. The van der Waals surface area contributed by atoms with Gasteiger partial charge in [-0.3, -0.25) is 9.78 Å². The highest BCUT2D eigenvalue weighted by Crippen LogP contribution is 2.29. The van der Waals surface area contributed by atoms with Gasteiger partial charge in [0.05, 0.1) is 11.6 Å². The van der Waals surface area contributed by atoms with Crippen molar-refractivity contribution in [2.24, 2.45) is 9.50 Å². The molecule has 190 valence electrons. The predicted octanol–water partition coefficient (Wildman–Crippen LogP) is 5.28. The number of anilines is 4. The maximum atomic E-state index is 13.8. The summed E-state index contributed by atoms with van der Waals surface area (Å²) in [5, 5.41) is 15.8. The molecule has 1 fully saturated rings. The maximum absolute atomic E-state index is 13.8. The molecule has 8 nitrogen and oxygen atoms in total. The van der Waals surface area contributed by atoms with Crippen molar-refractivity contribution in [1.29, 1.82) is 0 Å². The second-order valence-corrected chi connectivity index (χ2v) is 11.1. The van der Waals surface area contributed by atoms with Gasteiger partial charge in [0.1, 0.15) is 15.7 Å². The first kappa shape index (κ1) is 24.7. The Hall–Kier alpha value is -4.02. The van der Waals surface area contributed by atoms with Gasteiger partial charge in [0.2, 0.25) is 0 Å². The Balaban J connectivity index is 1.24. The number of nitrogens with two attached hydrogens (primary N) is 1. The molecule has 1 aliphatic rings. The number of rotatable bonds is 7. The molecule has 1 aliphatic carbocycles. The molecule has 4 aromatic rings. The standard InChI is InChI=1S/C27H27FN6O2S/c1-37(29,36)34-23-15-22(16-23)31-20-6-3-7-21(14-20)33-27(35)17-4-2-5-19(12-17)32-26-10-11-30-25-9-8-18(28)13-24(25)26/h2-14,22-23,31H,15-16H2,1H3,(H,30,32)(H,33,35)(H2,29,34,36). The minimum atomic E-state index is -2.58. The van der Waals surface area contributed by atoms with E-state index in [2.05, 4.69) is 25.3 Å². The van der Waals surface area contributed by atoms with Gasteiger partial charge >= 0.3 is 0 Å². The number of aromatic nitrogens is 1. The van der Waals surface area contributed by atoms with Crippen LogP contribution in [0.1, 0.15) is 23.2 Å². The summed E-state index contributed by atoms with van der Waals surface area (Å²) in [4.78, 5) is 17.3. The van der Waals surface area contributed by atoms with E-state index in [1.54, 1.807) is 36.5 Å². The van der Waals surface area contributed by atoms with Gasteiger partial charge in [-0.05, 0) is 73.5 Å². The maximum Gasteiger partial charge on any atom is 0.255 e. The van der Waals surface area contributed by atoms with E-state index in [4.69, 9.17) is 5.14 Å². The van der Waals surface area contributed by atoms with E-state index in [-0.39, 0.29) is 23.8 Å². The molecule has 0 bridgehead atoms. The monoisotopic (exact) mass is 518 g/mol. The zero-order chi connectivity index (χ0) is 26.0. The fraction of sp³-hybridized carbons (Fsp3) is 0.185. The summed E-state index contributed by atoms with van der Waals surface area (Å²) in [6.45, 7) is 0. The molecule has 1 saturated carbocycles. The Morgan fingerprint density at radius 1 is 1.03 bits per heavy atom. The number of nitrogens with zero attached hydrogens (tertiary/aromatic N) is 2. The zero-order valence-electron chi connectivity index (χ0n) is 20.1. The van der Waals surface area contributed by atoms with Gasteiger partial charge < -0.3 is 16.0 Å². The highest BCUT2D eigenvalue weighted by molar-refractivity contribution is 7.90. The fourth-order valence-corrected chi connectivity index (χ4v) is 5.10. The van der Waals surface area contributed by atoms with Crippen molar-refractivity contribution in [3.63, 3.8) is 0 Å². The fourth-order valence-electron chi connectivity index (χ4n) is 4.33. The van der Waals surface area contributed by atoms with Crippen molar-refractivity contribution >= 4 is 49.5 Å². The lowest BCUT2D eigenvalue weighted by atomic mass is 9.87. The summed E-state index contributed by atoms with van der Waals surface area (Å²) in [5.41, 5.74) is 4.06. The van der Waals surface area contributed by atoms with Gasteiger partial charge in [0, 0.05) is 52.2 Å². The third-order valence-electron chi connectivity index (χ3n) is 6.07. The lowest BCUT2D eigenvalue weighted by Crippen LogP contribution is -2.39. The van der Waals surface area contributed by atoms with Crippen molar-refractivity contribution in [2.75, 3.05) is 22.2 Å². The molecule has 1 heterocycles. The molecule has 3 aromatic carbocycles. The largest absolute Gasteiger partial charge is 0.382 e. The third kappa shape index (κ3) is 6.22. The number of pyridine rings is 1.